The number of hydrogen-bond acceptors (Lipinski definition) is 12. The molecule has 0 bridgehead atoms. The second kappa shape index (κ2) is 26.1. The van der Waals surface area contributed by atoms with E-state index < -0.39 is 47.3 Å². The highest BCUT2D eigenvalue weighted by Crippen LogP contribution is 2.36. The first-order valence-electron chi connectivity index (χ1n) is 22.0. The number of azo groups is 2. The van der Waals surface area contributed by atoms with Crippen molar-refractivity contribution in [1.82, 2.24) is 0 Å². The highest BCUT2D eigenvalue weighted by Gasteiger charge is 2.27. The second-order valence-electron chi connectivity index (χ2n) is 15.5. The van der Waals surface area contributed by atoms with Crippen molar-refractivity contribution in [3.05, 3.63) is 129 Å². The van der Waals surface area contributed by atoms with Crippen LogP contribution in [0.3, 0.4) is 0 Å². The monoisotopic (exact) mass is 1060 g/mol. The fraction of sp³-hybridized carbons (Fsp3) is 0.280. The quantitative estimate of drug-likeness (QED) is 0.0296. The summed E-state index contributed by atoms with van der Waals surface area (Å²) in [6.45, 7) is 10.2. The van der Waals surface area contributed by atoms with E-state index in [2.05, 4.69) is 41.7 Å². The number of aryl methyl sites for hydroxylation is 1. The Hall–Kier alpha value is -6.43. The zero-order valence-electron chi connectivity index (χ0n) is 39.2. The highest BCUT2D eigenvalue weighted by molar-refractivity contribution is 6.37. The number of carbonyl (C=O) groups is 6. The van der Waals surface area contributed by atoms with Gasteiger partial charge in [-0.05, 0) is 131 Å². The number of ketones is 2. The van der Waals surface area contributed by atoms with Crippen molar-refractivity contribution in [1.29, 1.82) is 0 Å². The molecule has 5 aromatic carbocycles. The minimum absolute atomic E-state index is 0.0115. The Labute approximate surface area is 435 Å². The second-order valence-corrected chi connectivity index (χ2v) is 18.0. The van der Waals surface area contributed by atoms with Gasteiger partial charge in [0.1, 0.15) is 22.9 Å². The summed E-state index contributed by atoms with van der Waals surface area (Å²) < 4.78 is 11.4. The molecule has 4 N–H and O–H groups in total. The largest absolute Gasteiger partial charge is 0.492 e. The number of benzene rings is 5. The van der Waals surface area contributed by atoms with Crippen LogP contribution in [0.25, 0.3) is 0 Å². The number of Topliss-reactive ketones (excluding diaryl/α,β-unsaturated/α-hetero) is 2. The summed E-state index contributed by atoms with van der Waals surface area (Å²) in [5.41, 5.74) is 3.36. The van der Waals surface area contributed by atoms with Crippen LogP contribution in [0, 0.1) is 0 Å². The number of rotatable bonds is 22. The van der Waals surface area contributed by atoms with E-state index in [0.29, 0.717) is 41.7 Å². The lowest BCUT2D eigenvalue weighted by Gasteiger charge is -2.16. The molecule has 0 spiro atoms. The van der Waals surface area contributed by atoms with Crippen LogP contribution >= 0.6 is 58.0 Å². The van der Waals surface area contributed by atoms with Crippen molar-refractivity contribution in [2.24, 2.45) is 20.5 Å². The molecule has 4 atom stereocenters. The van der Waals surface area contributed by atoms with Gasteiger partial charge in [-0.15, -0.1) is 34.8 Å². The van der Waals surface area contributed by atoms with E-state index in [-0.39, 0.29) is 67.0 Å². The number of nitrogens with zero attached hydrogens (tertiary/aromatic N) is 4. The molecular formula is C50H49Cl5N8O8. The molecule has 0 saturated carbocycles. The molecule has 0 heterocycles. The van der Waals surface area contributed by atoms with E-state index in [1.165, 1.54) is 54.6 Å². The number of ether oxygens (including phenoxy) is 2. The van der Waals surface area contributed by atoms with Crippen LogP contribution in [0.15, 0.2) is 111 Å². The number of carbonyl (C=O) groups excluding carboxylic acids is 6. The zero-order chi connectivity index (χ0) is 51.9. The van der Waals surface area contributed by atoms with Gasteiger partial charge in [-0.2, -0.15) is 20.5 Å². The van der Waals surface area contributed by atoms with E-state index in [4.69, 9.17) is 67.5 Å². The van der Waals surface area contributed by atoms with Crippen molar-refractivity contribution in [3.63, 3.8) is 0 Å². The first kappa shape index (κ1) is 55.5. The van der Waals surface area contributed by atoms with Gasteiger partial charge in [-0.1, -0.05) is 47.5 Å². The van der Waals surface area contributed by atoms with Gasteiger partial charge in [-0.25, -0.2) is 0 Å². The summed E-state index contributed by atoms with van der Waals surface area (Å²) in [6, 6.07) is 20.4. The number of hydrogen-bond donors (Lipinski definition) is 4. The molecule has 0 fully saturated rings. The van der Waals surface area contributed by atoms with E-state index in [0.717, 1.165) is 25.0 Å². The zero-order valence-corrected chi connectivity index (χ0v) is 43.0. The minimum atomic E-state index is -1.64. The smallest absolute Gasteiger partial charge is 0.258 e. The van der Waals surface area contributed by atoms with E-state index >= 15 is 0 Å². The molecule has 0 saturated heterocycles. The Balaban J connectivity index is 1.28. The van der Waals surface area contributed by atoms with Gasteiger partial charge in [0.2, 0.25) is 12.1 Å². The molecule has 4 unspecified atom stereocenters. The normalized spacial score (nSPS) is 12.9. The lowest BCUT2D eigenvalue weighted by Crippen LogP contribution is -2.32. The lowest BCUT2D eigenvalue weighted by molar-refractivity contribution is -0.127. The summed E-state index contributed by atoms with van der Waals surface area (Å²) in [4.78, 5) is 79.4. The van der Waals surface area contributed by atoms with E-state index in [9.17, 15) is 28.8 Å². The molecule has 0 radical (unpaired) electrons. The molecule has 0 aliphatic heterocycles. The van der Waals surface area contributed by atoms with Gasteiger partial charge in [0.05, 0.1) is 56.5 Å². The number of alkyl halides is 3. The molecule has 4 amide bonds. The topological polar surface area (TPSA) is 218 Å². The Morgan fingerprint density at radius 1 is 0.577 bits per heavy atom. The van der Waals surface area contributed by atoms with E-state index in [1.54, 1.807) is 50.2 Å². The number of nitrogens with one attached hydrogen (secondary N) is 4. The van der Waals surface area contributed by atoms with Crippen LogP contribution in [0.1, 0.15) is 89.7 Å². The maximum absolute atomic E-state index is 13.6. The fourth-order valence-corrected chi connectivity index (χ4v) is 7.62. The fourth-order valence-electron chi connectivity index (χ4n) is 6.64. The standard InChI is InChI=1S/C50H49Cl5N8O8/c1-7-70-41-24-30(26(3)52)15-18-37(41)58-47(66)34-11-9-13-39(43(34)54)60-62-45(28(5)64)49(68)56-33-17-20-36(32(23-33)21-22-51)57-50(69)46(29(6)65)63-61-40-14-10-12-35(44(40)55)48(67)59-38-19-16-31(27(4)53)25-42(38)71-8-2/h9-20,23-27,45-46H,7-8,21-22H2,1-6H3,(H,56,68)(H,57,69)(H,58,66)(H,59,67). The average molecular weight is 1070 g/mol. The third kappa shape index (κ3) is 14.8. The third-order valence-corrected chi connectivity index (χ3v) is 11.8. The van der Waals surface area contributed by atoms with Crippen LogP contribution < -0.4 is 30.7 Å². The highest BCUT2D eigenvalue weighted by atomic mass is 35.5. The van der Waals surface area contributed by atoms with Crippen LogP contribution in [0.4, 0.5) is 34.1 Å². The molecule has 372 valence electrons. The van der Waals surface area contributed by atoms with Gasteiger partial charge < -0.3 is 30.7 Å². The molecule has 0 aliphatic carbocycles. The van der Waals surface area contributed by atoms with Crippen molar-refractivity contribution in [2.45, 2.75) is 70.8 Å². The van der Waals surface area contributed by atoms with Gasteiger partial charge in [0.25, 0.3) is 23.6 Å². The molecular weight excluding hydrogens is 1020 g/mol. The predicted molar refractivity (Wildman–Crippen MR) is 279 cm³/mol. The van der Waals surface area contributed by atoms with Gasteiger partial charge in [-0.3, -0.25) is 28.8 Å². The number of anilines is 4. The van der Waals surface area contributed by atoms with Crippen molar-refractivity contribution in [3.8, 4) is 11.5 Å². The molecule has 21 heteroatoms. The van der Waals surface area contributed by atoms with Crippen molar-refractivity contribution < 1.29 is 38.2 Å². The van der Waals surface area contributed by atoms with Crippen LogP contribution in [0.2, 0.25) is 10.0 Å². The Kier molecular flexibility index (Phi) is 20.4. The van der Waals surface area contributed by atoms with Gasteiger partial charge in [0, 0.05) is 17.3 Å². The van der Waals surface area contributed by atoms with Crippen LogP contribution in [-0.2, 0) is 25.6 Å². The maximum atomic E-state index is 13.6. The molecule has 5 aromatic rings. The molecule has 0 aliphatic rings. The Bertz CT molecular complexity index is 2880. The van der Waals surface area contributed by atoms with Gasteiger partial charge in [0.15, 0.2) is 11.6 Å². The maximum Gasteiger partial charge on any atom is 0.258 e. The lowest BCUT2D eigenvalue weighted by atomic mass is 10.1. The van der Waals surface area contributed by atoms with Crippen LogP contribution in [0.5, 0.6) is 11.5 Å². The van der Waals surface area contributed by atoms with Crippen molar-refractivity contribution >= 4 is 127 Å². The minimum Gasteiger partial charge on any atom is -0.492 e. The van der Waals surface area contributed by atoms with E-state index in [1.807, 2.05) is 13.8 Å². The summed E-state index contributed by atoms with van der Waals surface area (Å²) in [7, 11) is 0. The summed E-state index contributed by atoms with van der Waals surface area (Å²) in [5, 5.41) is 26.3. The van der Waals surface area contributed by atoms with Crippen LogP contribution in [-0.4, -0.2) is 66.4 Å². The summed E-state index contributed by atoms with van der Waals surface area (Å²) in [6.07, 6.45) is 0.197. The van der Waals surface area contributed by atoms with Gasteiger partial charge >= 0.3 is 0 Å². The molecule has 0 aromatic heterocycles. The van der Waals surface area contributed by atoms with Crippen molar-refractivity contribution in [2.75, 3.05) is 40.4 Å². The molecule has 71 heavy (non-hydrogen) atoms. The first-order valence-corrected chi connectivity index (χ1v) is 24.2. The predicted octanol–water partition coefficient (Wildman–Crippen LogP) is 13.0. The Morgan fingerprint density at radius 3 is 1.42 bits per heavy atom. The average Bonchev–Trinajstić information content (AvgIpc) is 3.31. The number of halogens is 5. The SMILES string of the molecule is CCOc1cc(C(C)Cl)ccc1NC(=O)c1cccc(N=NC(C(C)=O)C(=O)Nc2ccc(NC(=O)C(N=Nc3cccc(C(=O)Nc4ccc(C(C)Cl)cc4OCC)c3Cl)C(C)=O)c(CCCl)c2)c1Cl. The molecule has 5 rings (SSSR count). The third-order valence-electron chi connectivity index (χ3n) is 10.3. The number of amides is 4. The Morgan fingerprint density at radius 2 is 1.01 bits per heavy atom. The molecule has 16 nitrogen and oxygen atoms in total. The summed E-state index contributed by atoms with van der Waals surface area (Å²) in [5.74, 6) is -3.24. The first-order chi connectivity index (χ1) is 33.9. The summed E-state index contributed by atoms with van der Waals surface area (Å²) >= 11 is 31.8.